The Balaban J connectivity index is 3.94. The fourth-order valence-electron chi connectivity index (χ4n) is 1.81. The van der Waals surface area contributed by atoms with Gasteiger partial charge < -0.3 is 10.4 Å². The molecule has 0 bridgehead atoms. The Morgan fingerprint density at radius 1 is 1.21 bits per heavy atom. The highest BCUT2D eigenvalue weighted by atomic mass is 16.3. The Morgan fingerprint density at radius 3 is 2.14 bits per heavy atom. The van der Waals surface area contributed by atoms with Crippen LogP contribution in [-0.2, 0) is 0 Å². The predicted molar refractivity (Wildman–Crippen MR) is 62.4 cm³/mol. The first kappa shape index (κ1) is 13.9. The maximum absolute atomic E-state index is 9.04. The molecule has 0 amide bonds. The highest BCUT2D eigenvalue weighted by Crippen LogP contribution is 2.29. The summed E-state index contributed by atoms with van der Waals surface area (Å²) in [6.45, 7) is 11.3. The molecule has 0 atom stereocenters. The van der Waals surface area contributed by atoms with Crippen LogP contribution in [0.15, 0.2) is 0 Å². The number of nitrogens with one attached hydrogen (secondary N) is 1. The number of hydrogen-bond donors (Lipinski definition) is 2. The lowest BCUT2D eigenvalue weighted by atomic mass is 9.79. The molecule has 0 spiro atoms. The summed E-state index contributed by atoms with van der Waals surface area (Å²) >= 11 is 0. The molecule has 0 heterocycles. The Labute approximate surface area is 89.1 Å². The van der Waals surface area contributed by atoms with Gasteiger partial charge >= 0.3 is 0 Å². The summed E-state index contributed by atoms with van der Waals surface area (Å²) in [5, 5.41) is 12.5. The van der Waals surface area contributed by atoms with Crippen molar-refractivity contribution in [2.75, 3.05) is 19.7 Å². The van der Waals surface area contributed by atoms with E-state index < -0.39 is 0 Å². The Bertz CT molecular complexity index is 130. The van der Waals surface area contributed by atoms with Crippen molar-refractivity contribution >= 4 is 0 Å². The van der Waals surface area contributed by atoms with E-state index in [0.717, 1.165) is 32.4 Å². The van der Waals surface area contributed by atoms with Gasteiger partial charge in [-0.25, -0.2) is 0 Å². The highest BCUT2D eigenvalue weighted by molar-refractivity contribution is 4.78. The van der Waals surface area contributed by atoms with Gasteiger partial charge in [-0.2, -0.15) is 0 Å². The quantitative estimate of drug-likeness (QED) is 0.632. The molecule has 0 aromatic rings. The molecule has 2 nitrogen and oxygen atoms in total. The first-order chi connectivity index (χ1) is 6.60. The van der Waals surface area contributed by atoms with Crippen LogP contribution in [0.2, 0.25) is 0 Å². The Kier molecular flexibility index (Phi) is 7.20. The van der Waals surface area contributed by atoms with E-state index in [1.807, 2.05) is 0 Å². The first-order valence-corrected chi connectivity index (χ1v) is 5.91. The van der Waals surface area contributed by atoms with Crippen molar-refractivity contribution in [3.05, 3.63) is 0 Å². The molecule has 0 fully saturated rings. The Hall–Kier alpha value is -0.0800. The van der Waals surface area contributed by atoms with E-state index >= 15 is 0 Å². The van der Waals surface area contributed by atoms with Crippen LogP contribution in [0.1, 0.15) is 47.0 Å². The van der Waals surface area contributed by atoms with Gasteiger partial charge in [0.15, 0.2) is 0 Å². The summed E-state index contributed by atoms with van der Waals surface area (Å²) in [6.07, 6.45) is 3.22. The molecule has 14 heavy (non-hydrogen) atoms. The molecular formula is C12H27NO. The molecule has 0 saturated heterocycles. The van der Waals surface area contributed by atoms with Gasteiger partial charge in [-0.1, -0.05) is 27.7 Å². The van der Waals surface area contributed by atoms with E-state index in [1.54, 1.807) is 0 Å². The molecule has 0 aromatic heterocycles. The average Bonchev–Trinajstić information content (AvgIpc) is 2.16. The van der Waals surface area contributed by atoms with Crippen LogP contribution in [0, 0.1) is 11.3 Å². The van der Waals surface area contributed by atoms with Crippen molar-refractivity contribution < 1.29 is 5.11 Å². The van der Waals surface area contributed by atoms with Crippen molar-refractivity contribution in [2.24, 2.45) is 11.3 Å². The number of aliphatic hydroxyl groups is 1. The van der Waals surface area contributed by atoms with Crippen molar-refractivity contribution in [1.82, 2.24) is 5.32 Å². The van der Waals surface area contributed by atoms with Crippen LogP contribution < -0.4 is 5.32 Å². The number of aliphatic hydroxyl groups excluding tert-OH is 1. The van der Waals surface area contributed by atoms with E-state index in [0.29, 0.717) is 17.9 Å². The monoisotopic (exact) mass is 201 g/mol. The normalized spacial score (nSPS) is 12.4. The van der Waals surface area contributed by atoms with Gasteiger partial charge in [-0.3, -0.25) is 0 Å². The average molecular weight is 201 g/mol. The summed E-state index contributed by atoms with van der Waals surface area (Å²) in [6, 6.07) is 0. The maximum Gasteiger partial charge on any atom is 0.0436 e. The van der Waals surface area contributed by atoms with Crippen LogP contribution in [0.3, 0.4) is 0 Å². The molecule has 0 aliphatic carbocycles. The van der Waals surface area contributed by atoms with Gasteiger partial charge in [0.2, 0.25) is 0 Å². The third-order valence-corrected chi connectivity index (χ3v) is 3.19. The molecule has 86 valence electrons. The zero-order valence-electron chi connectivity index (χ0n) is 10.3. The minimum Gasteiger partial charge on any atom is -0.396 e. The molecule has 0 aromatic carbocycles. The minimum absolute atomic E-state index is 0.309. The largest absolute Gasteiger partial charge is 0.396 e. The lowest BCUT2D eigenvalue weighted by Gasteiger charge is -2.31. The third kappa shape index (κ3) is 4.97. The van der Waals surface area contributed by atoms with Gasteiger partial charge in [-0.15, -0.1) is 0 Å². The standard InChI is InChI=1S/C12H27NO/c1-5-12(6-2,7-8-14)10-13-9-11(3)4/h11,13-14H,5-10H2,1-4H3. The van der Waals surface area contributed by atoms with E-state index in [9.17, 15) is 0 Å². The van der Waals surface area contributed by atoms with Crippen LogP contribution in [0.5, 0.6) is 0 Å². The summed E-state index contributed by atoms with van der Waals surface area (Å²) < 4.78 is 0. The lowest BCUT2D eigenvalue weighted by molar-refractivity contribution is 0.162. The molecule has 0 unspecified atom stereocenters. The molecule has 2 heteroatoms. The summed E-state index contributed by atoms with van der Waals surface area (Å²) in [4.78, 5) is 0. The van der Waals surface area contributed by atoms with Gasteiger partial charge in [0.05, 0.1) is 0 Å². The molecule has 0 aliphatic rings. The van der Waals surface area contributed by atoms with Crippen molar-refractivity contribution in [2.45, 2.75) is 47.0 Å². The highest BCUT2D eigenvalue weighted by Gasteiger charge is 2.24. The van der Waals surface area contributed by atoms with Crippen molar-refractivity contribution in [1.29, 1.82) is 0 Å². The zero-order chi connectivity index (χ0) is 11.0. The SMILES string of the molecule is CCC(CC)(CCO)CNCC(C)C. The first-order valence-electron chi connectivity index (χ1n) is 5.91. The van der Waals surface area contributed by atoms with Gasteiger partial charge in [0, 0.05) is 13.2 Å². The zero-order valence-corrected chi connectivity index (χ0v) is 10.3. The summed E-state index contributed by atoms with van der Waals surface area (Å²) in [5.74, 6) is 0.704. The summed E-state index contributed by atoms with van der Waals surface area (Å²) in [7, 11) is 0. The van der Waals surface area contributed by atoms with E-state index in [2.05, 4.69) is 33.0 Å². The predicted octanol–water partition coefficient (Wildman–Crippen LogP) is 2.42. The second-order valence-corrected chi connectivity index (χ2v) is 4.71. The van der Waals surface area contributed by atoms with Crippen molar-refractivity contribution in [3.8, 4) is 0 Å². The topological polar surface area (TPSA) is 32.3 Å². The van der Waals surface area contributed by atoms with Crippen LogP contribution in [0.4, 0.5) is 0 Å². The van der Waals surface area contributed by atoms with E-state index in [1.165, 1.54) is 0 Å². The van der Waals surface area contributed by atoms with Crippen LogP contribution in [0.25, 0.3) is 0 Å². The molecule has 2 N–H and O–H groups in total. The fraction of sp³-hybridized carbons (Fsp3) is 1.00. The summed E-state index contributed by atoms with van der Waals surface area (Å²) in [5.41, 5.74) is 0.309. The van der Waals surface area contributed by atoms with E-state index in [4.69, 9.17) is 5.11 Å². The van der Waals surface area contributed by atoms with Gasteiger partial charge in [0.1, 0.15) is 0 Å². The molecule has 0 radical (unpaired) electrons. The third-order valence-electron chi connectivity index (χ3n) is 3.19. The van der Waals surface area contributed by atoms with Crippen LogP contribution in [-0.4, -0.2) is 24.8 Å². The number of rotatable bonds is 8. The lowest BCUT2D eigenvalue weighted by Crippen LogP contribution is -2.36. The minimum atomic E-state index is 0.309. The second kappa shape index (κ2) is 7.24. The smallest absolute Gasteiger partial charge is 0.0436 e. The molecule has 0 rings (SSSR count). The van der Waals surface area contributed by atoms with E-state index in [-0.39, 0.29) is 0 Å². The van der Waals surface area contributed by atoms with Gasteiger partial charge in [0.25, 0.3) is 0 Å². The Morgan fingerprint density at radius 2 is 1.79 bits per heavy atom. The van der Waals surface area contributed by atoms with Crippen LogP contribution >= 0.6 is 0 Å². The fourth-order valence-corrected chi connectivity index (χ4v) is 1.81. The number of hydrogen-bond acceptors (Lipinski definition) is 2. The van der Waals surface area contributed by atoms with Gasteiger partial charge in [-0.05, 0) is 37.1 Å². The molecule has 0 saturated carbocycles. The molecule has 0 aliphatic heterocycles. The second-order valence-electron chi connectivity index (χ2n) is 4.71. The molecular weight excluding hydrogens is 174 g/mol. The van der Waals surface area contributed by atoms with Crippen molar-refractivity contribution in [3.63, 3.8) is 0 Å². The maximum atomic E-state index is 9.04.